The third-order valence-corrected chi connectivity index (χ3v) is 4.01. The Hall–Kier alpha value is -1.34. The van der Waals surface area contributed by atoms with E-state index >= 15 is 0 Å². The van der Waals surface area contributed by atoms with Crippen LogP contribution in [-0.4, -0.2) is 9.78 Å². The molecule has 1 aliphatic carbocycles. The highest BCUT2D eigenvalue weighted by molar-refractivity contribution is 6.37. The molecule has 0 amide bonds. The number of alkyl halides is 5. The van der Waals surface area contributed by atoms with Crippen LogP contribution in [0.3, 0.4) is 0 Å². The van der Waals surface area contributed by atoms with E-state index in [2.05, 4.69) is 5.10 Å². The van der Waals surface area contributed by atoms with Crippen molar-refractivity contribution in [3.05, 3.63) is 45.2 Å². The third kappa shape index (κ3) is 2.46. The van der Waals surface area contributed by atoms with E-state index in [1.807, 2.05) is 0 Å². The lowest BCUT2D eigenvalue weighted by Gasteiger charge is -2.13. The molecule has 1 aliphatic rings. The summed E-state index contributed by atoms with van der Waals surface area (Å²) in [6.07, 6.45) is -3.79. The second-order valence-electron chi connectivity index (χ2n) is 4.92. The van der Waals surface area contributed by atoms with Crippen LogP contribution in [0.1, 0.15) is 23.2 Å². The number of rotatable bonds is 1. The van der Waals surface area contributed by atoms with Crippen LogP contribution in [0, 0.1) is 0 Å². The maximum absolute atomic E-state index is 13.6. The Labute approximate surface area is 131 Å². The molecule has 0 spiro atoms. The van der Waals surface area contributed by atoms with Gasteiger partial charge in [0.1, 0.15) is 5.69 Å². The molecule has 0 bridgehead atoms. The third-order valence-electron chi connectivity index (χ3n) is 3.43. The molecular weight excluding hydrogens is 350 g/mol. The van der Waals surface area contributed by atoms with Crippen LogP contribution >= 0.6 is 23.2 Å². The summed E-state index contributed by atoms with van der Waals surface area (Å²) in [5.74, 6) is -3.00. The Morgan fingerprint density at radius 1 is 1.14 bits per heavy atom. The molecule has 22 heavy (non-hydrogen) atoms. The summed E-state index contributed by atoms with van der Waals surface area (Å²) in [4.78, 5) is 0. The zero-order chi connectivity index (χ0) is 16.3. The monoisotopic (exact) mass is 356 g/mol. The molecule has 0 fully saturated rings. The number of hydrogen-bond donors (Lipinski definition) is 0. The van der Waals surface area contributed by atoms with Gasteiger partial charge in [-0.1, -0.05) is 23.2 Å². The van der Waals surface area contributed by atoms with Crippen LogP contribution in [0.4, 0.5) is 22.0 Å². The molecule has 1 aromatic carbocycles. The number of aromatic nitrogens is 2. The van der Waals surface area contributed by atoms with Crippen LogP contribution in [-0.2, 0) is 18.5 Å². The number of hydrogen-bond acceptors (Lipinski definition) is 1. The van der Waals surface area contributed by atoms with Gasteiger partial charge in [0.05, 0.1) is 26.9 Å². The molecule has 9 heteroatoms. The van der Waals surface area contributed by atoms with Crippen molar-refractivity contribution >= 4 is 23.2 Å². The van der Waals surface area contributed by atoms with E-state index in [9.17, 15) is 22.0 Å². The molecule has 0 unspecified atom stereocenters. The summed E-state index contributed by atoms with van der Waals surface area (Å²) in [5.41, 5.74) is -1.13. The van der Waals surface area contributed by atoms with Crippen molar-refractivity contribution < 1.29 is 22.0 Å². The molecule has 2 nitrogen and oxygen atoms in total. The fourth-order valence-electron chi connectivity index (χ4n) is 2.37. The number of fused-ring (bicyclic) bond motifs is 1. The van der Waals surface area contributed by atoms with Gasteiger partial charge >= 0.3 is 6.18 Å². The summed E-state index contributed by atoms with van der Waals surface area (Å²) in [6.45, 7) is 0. The average Bonchev–Trinajstić information content (AvgIpc) is 2.89. The molecule has 3 rings (SSSR count). The van der Waals surface area contributed by atoms with Crippen LogP contribution in [0.15, 0.2) is 18.3 Å². The van der Waals surface area contributed by atoms with Gasteiger partial charge in [0.15, 0.2) is 0 Å². The maximum Gasteiger partial charge on any atom is 0.416 e. The largest absolute Gasteiger partial charge is 0.416 e. The Balaban J connectivity index is 2.11. The van der Waals surface area contributed by atoms with Gasteiger partial charge in [0, 0.05) is 12.6 Å². The fourth-order valence-corrected chi connectivity index (χ4v) is 3.03. The van der Waals surface area contributed by atoms with Crippen molar-refractivity contribution in [1.82, 2.24) is 9.78 Å². The first-order valence-corrected chi connectivity index (χ1v) is 6.88. The first-order chi connectivity index (χ1) is 10.1. The van der Waals surface area contributed by atoms with Crippen molar-refractivity contribution in [2.45, 2.75) is 24.9 Å². The second kappa shape index (κ2) is 4.83. The van der Waals surface area contributed by atoms with Crippen LogP contribution in [0.2, 0.25) is 10.0 Å². The molecule has 1 heterocycles. The Morgan fingerprint density at radius 2 is 1.73 bits per heavy atom. The summed E-state index contributed by atoms with van der Waals surface area (Å²) < 4.78 is 66.3. The Morgan fingerprint density at radius 3 is 2.23 bits per heavy atom. The predicted molar refractivity (Wildman–Crippen MR) is 70.8 cm³/mol. The second-order valence-corrected chi connectivity index (χ2v) is 5.74. The van der Waals surface area contributed by atoms with Gasteiger partial charge in [-0.05, 0) is 18.6 Å². The van der Waals surface area contributed by atoms with E-state index in [0.717, 1.165) is 10.9 Å². The zero-order valence-electron chi connectivity index (χ0n) is 10.7. The number of benzene rings is 1. The minimum absolute atomic E-state index is 0.0541. The molecule has 0 N–H and O–H groups in total. The quantitative estimate of drug-likeness (QED) is 0.639. The molecule has 0 saturated carbocycles. The standard InChI is InChI=1S/C13H7Cl2F5N2/c14-8-3-6(13(18,19)20)4-9(15)11(8)22-5-7-10(21-22)1-2-12(7,16)17/h3-5H,1-2H2. The van der Waals surface area contributed by atoms with E-state index < -0.39 is 17.7 Å². The van der Waals surface area contributed by atoms with Gasteiger partial charge in [0.2, 0.25) is 0 Å². The van der Waals surface area contributed by atoms with E-state index in [4.69, 9.17) is 23.2 Å². The molecule has 0 radical (unpaired) electrons. The lowest BCUT2D eigenvalue weighted by Crippen LogP contribution is -2.09. The van der Waals surface area contributed by atoms with Gasteiger partial charge in [-0.2, -0.15) is 18.3 Å². The molecular formula is C13H7Cl2F5N2. The van der Waals surface area contributed by atoms with Crippen molar-refractivity contribution in [3.63, 3.8) is 0 Å². The van der Waals surface area contributed by atoms with Crippen LogP contribution in [0.25, 0.3) is 5.69 Å². The SMILES string of the molecule is FC(F)(F)c1cc(Cl)c(-n2cc3c(n2)CCC3(F)F)c(Cl)c1. The van der Waals surface area contributed by atoms with Crippen molar-refractivity contribution in [3.8, 4) is 5.69 Å². The van der Waals surface area contributed by atoms with Crippen LogP contribution < -0.4 is 0 Å². The van der Waals surface area contributed by atoms with Gasteiger partial charge in [-0.3, -0.25) is 0 Å². The Kier molecular flexibility index (Phi) is 3.41. The molecule has 118 valence electrons. The topological polar surface area (TPSA) is 17.8 Å². The van der Waals surface area contributed by atoms with Gasteiger partial charge in [-0.15, -0.1) is 0 Å². The average molecular weight is 357 g/mol. The van der Waals surface area contributed by atoms with Crippen LogP contribution in [0.5, 0.6) is 0 Å². The van der Waals surface area contributed by atoms with E-state index in [1.165, 1.54) is 0 Å². The Bertz CT molecular complexity index is 728. The highest BCUT2D eigenvalue weighted by atomic mass is 35.5. The lowest BCUT2D eigenvalue weighted by atomic mass is 10.2. The van der Waals surface area contributed by atoms with Gasteiger partial charge < -0.3 is 0 Å². The molecule has 2 aromatic rings. The minimum Gasteiger partial charge on any atom is -0.237 e. The molecule has 0 saturated heterocycles. The van der Waals surface area contributed by atoms with E-state index in [-0.39, 0.29) is 39.8 Å². The summed E-state index contributed by atoms with van der Waals surface area (Å²) in [6, 6.07) is 1.38. The number of aryl methyl sites for hydroxylation is 1. The minimum atomic E-state index is -4.61. The highest BCUT2D eigenvalue weighted by Crippen LogP contribution is 2.43. The normalized spacial score (nSPS) is 16.9. The molecule has 1 aromatic heterocycles. The van der Waals surface area contributed by atoms with Gasteiger partial charge in [0.25, 0.3) is 5.92 Å². The van der Waals surface area contributed by atoms with Crippen molar-refractivity contribution in [2.75, 3.05) is 0 Å². The number of nitrogens with zero attached hydrogens (tertiary/aromatic N) is 2. The van der Waals surface area contributed by atoms with E-state index in [1.54, 1.807) is 0 Å². The lowest BCUT2D eigenvalue weighted by molar-refractivity contribution is -0.137. The smallest absolute Gasteiger partial charge is 0.237 e. The predicted octanol–water partition coefficient (Wildman–Crippen LogP) is 5.24. The highest BCUT2D eigenvalue weighted by Gasteiger charge is 2.42. The van der Waals surface area contributed by atoms with Gasteiger partial charge in [-0.25, -0.2) is 13.5 Å². The summed E-state index contributed by atoms with van der Waals surface area (Å²) in [7, 11) is 0. The maximum atomic E-state index is 13.6. The summed E-state index contributed by atoms with van der Waals surface area (Å²) >= 11 is 11.7. The first kappa shape index (κ1) is 15.6. The van der Waals surface area contributed by atoms with E-state index in [0.29, 0.717) is 12.1 Å². The fraction of sp³-hybridized carbons (Fsp3) is 0.308. The molecule has 0 atom stereocenters. The van der Waals surface area contributed by atoms with Crippen molar-refractivity contribution in [2.24, 2.45) is 0 Å². The first-order valence-electron chi connectivity index (χ1n) is 6.13. The zero-order valence-corrected chi connectivity index (χ0v) is 12.2. The summed E-state index contributed by atoms with van der Waals surface area (Å²) in [5, 5.41) is 3.33. The number of halogens is 7. The van der Waals surface area contributed by atoms with Crippen molar-refractivity contribution in [1.29, 1.82) is 0 Å². The molecule has 0 aliphatic heterocycles.